The van der Waals surface area contributed by atoms with E-state index in [2.05, 4.69) is 5.32 Å². The number of furan rings is 1. The van der Waals surface area contributed by atoms with Crippen LogP contribution in [0.2, 0.25) is 0 Å². The maximum atomic E-state index is 12.6. The number of carbonyl (C=O) groups is 2. The average molecular weight is 389 g/mol. The minimum Gasteiger partial charge on any atom is -0.497 e. The van der Waals surface area contributed by atoms with E-state index < -0.39 is 17.9 Å². The number of carbonyl (C=O) groups excluding carboxylic acids is 1. The Balaban J connectivity index is 1.54. The SMILES string of the molecule is COc1ccc2oc(C(=O)NC(Cc3ccc4ccccc4c3)C(=O)O)cc2c1. The smallest absolute Gasteiger partial charge is 0.326 e. The van der Waals surface area contributed by atoms with E-state index in [0.717, 1.165) is 16.3 Å². The number of carboxylic acid groups (broad SMARTS) is 1. The second-order valence-electron chi connectivity index (χ2n) is 6.76. The van der Waals surface area contributed by atoms with E-state index in [-0.39, 0.29) is 12.2 Å². The van der Waals surface area contributed by atoms with Gasteiger partial charge in [-0.1, -0.05) is 42.5 Å². The van der Waals surface area contributed by atoms with E-state index in [9.17, 15) is 14.7 Å². The maximum absolute atomic E-state index is 12.6. The molecule has 0 fully saturated rings. The average Bonchev–Trinajstić information content (AvgIpc) is 3.16. The zero-order valence-corrected chi connectivity index (χ0v) is 15.7. The minimum absolute atomic E-state index is 0.0537. The molecule has 0 radical (unpaired) electrons. The molecule has 0 bridgehead atoms. The number of fused-ring (bicyclic) bond motifs is 2. The number of methoxy groups -OCH3 is 1. The van der Waals surface area contributed by atoms with Gasteiger partial charge in [-0.25, -0.2) is 4.79 Å². The van der Waals surface area contributed by atoms with Crippen molar-refractivity contribution in [3.63, 3.8) is 0 Å². The van der Waals surface area contributed by atoms with Crippen LogP contribution in [0.25, 0.3) is 21.7 Å². The van der Waals surface area contributed by atoms with Crippen molar-refractivity contribution in [2.24, 2.45) is 0 Å². The maximum Gasteiger partial charge on any atom is 0.326 e. The van der Waals surface area contributed by atoms with E-state index in [1.165, 1.54) is 0 Å². The third-order valence-corrected chi connectivity index (χ3v) is 4.80. The summed E-state index contributed by atoms with van der Waals surface area (Å²) in [5.74, 6) is -0.986. The number of hydrogen-bond donors (Lipinski definition) is 2. The summed E-state index contributed by atoms with van der Waals surface area (Å²) in [7, 11) is 1.55. The molecule has 146 valence electrons. The molecule has 1 atom stereocenters. The second-order valence-corrected chi connectivity index (χ2v) is 6.76. The lowest BCUT2D eigenvalue weighted by atomic mass is 10.0. The van der Waals surface area contributed by atoms with Crippen molar-refractivity contribution in [3.05, 3.63) is 78.1 Å². The highest BCUT2D eigenvalue weighted by molar-refractivity contribution is 5.98. The molecular formula is C23H19NO5. The van der Waals surface area contributed by atoms with Gasteiger partial charge in [0.05, 0.1) is 7.11 Å². The van der Waals surface area contributed by atoms with Gasteiger partial charge in [0.25, 0.3) is 5.91 Å². The molecule has 4 aromatic rings. The highest BCUT2D eigenvalue weighted by Crippen LogP contribution is 2.24. The summed E-state index contributed by atoms with van der Waals surface area (Å²) < 4.78 is 10.7. The van der Waals surface area contributed by atoms with Crippen molar-refractivity contribution in [3.8, 4) is 5.75 Å². The third-order valence-electron chi connectivity index (χ3n) is 4.80. The number of hydrogen-bond acceptors (Lipinski definition) is 4. The van der Waals surface area contributed by atoms with Gasteiger partial charge >= 0.3 is 5.97 Å². The van der Waals surface area contributed by atoms with Crippen molar-refractivity contribution >= 4 is 33.6 Å². The molecule has 4 rings (SSSR count). The minimum atomic E-state index is -1.11. The Labute approximate surface area is 166 Å². The van der Waals surface area contributed by atoms with E-state index in [1.807, 2.05) is 42.5 Å². The highest BCUT2D eigenvalue weighted by atomic mass is 16.5. The van der Waals surface area contributed by atoms with Gasteiger partial charge in [0, 0.05) is 11.8 Å². The molecule has 6 heteroatoms. The highest BCUT2D eigenvalue weighted by Gasteiger charge is 2.23. The first-order chi connectivity index (χ1) is 14.0. The molecule has 0 aliphatic carbocycles. The van der Waals surface area contributed by atoms with Crippen LogP contribution in [-0.2, 0) is 11.2 Å². The van der Waals surface area contributed by atoms with Crippen molar-refractivity contribution < 1.29 is 23.8 Å². The van der Waals surface area contributed by atoms with Gasteiger partial charge < -0.3 is 19.6 Å². The molecule has 0 spiro atoms. The molecule has 1 unspecified atom stereocenters. The second kappa shape index (κ2) is 7.67. The number of amides is 1. The van der Waals surface area contributed by atoms with Crippen molar-refractivity contribution in [2.45, 2.75) is 12.5 Å². The Hall–Kier alpha value is -3.80. The Morgan fingerprint density at radius 3 is 2.55 bits per heavy atom. The molecule has 1 heterocycles. The van der Waals surface area contributed by atoms with Crippen LogP contribution >= 0.6 is 0 Å². The Kier molecular flexibility index (Phi) is 4.91. The van der Waals surface area contributed by atoms with Crippen LogP contribution in [0.4, 0.5) is 0 Å². The largest absolute Gasteiger partial charge is 0.497 e. The van der Waals surface area contributed by atoms with Gasteiger partial charge in [0.15, 0.2) is 5.76 Å². The van der Waals surface area contributed by atoms with E-state index in [0.29, 0.717) is 16.7 Å². The molecule has 3 aromatic carbocycles. The van der Waals surface area contributed by atoms with Gasteiger partial charge in [0.2, 0.25) is 0 Å². The first-order valence-electron chi connectivity index (χ1n) is 9.12. The molecule has 0 aliphatic heterocycles. The lowest BCUT2D eigenvalue weighted by molar-refractivity contribution is -0.139. The molecule has 1 amide bonds. The fourth-order valence-electron chi connectivity index (χ4n) is 3.29. The van der Waals surface area contributed by atoms with Gasteiger partial charge in [-0.05, 0) is 40.6 Å². The standard InChI is InChI=1S/C23H19NO5/c1-28-18-8-9-20-17(12-18)13-21(29-20)22(25)24-19(23(26)27)11-14-6-7-15-4-2-3-5-16(15)10-14/h2-10,12-13,19H,11H2,1H3,(H,24,25)(H,26,27). The van der Waals surface area contributed by atoms with E-state index >= 15 is 0 Å². The first kappa shape index (κ1) is 18.6. The first-order valence-corrected chi connectivity index (χ1v) is 9.12. The van der Waals surface area contributed by atoms with Crippen molar-refractivity contribution in [2.75, 3.05) is 7.11 Å². The van der Waals surface area contributed by atoms with Crippen LogP contribution in [0.1, 0.15) is 16.1 Å². The number of ether oxygens (including phenoxy) is 1. The molecular weight excluding hydrogens is 370 g/mol. The van der Waals surface area contributed by atoms with Gasteiger partial charge in [0.1, 0.15) is 17.4 Å². The molecule has 0 saturated carbocycles. The summed E-state index contributed by atoms with van der Waals surface area (Å²) in [5.41, 5.74) is 1.35. The van der Waals surface area contributed by atoms with Gasteiger partial charge in [-0.15, -0.1) is 0 Å². The summed E-state index contributed by atoms with van der Waals surface area (Å²) in [6, 6.07) is 19.3. The zero-order valence-electron chi connectivity index (χ0n) is 15.7. The summed E-state index contributed by atoms with van der Waals surface area (Å²) >= 11 is 0. The summed E-state index contributed by atoms with van der Waals surface area (Å²) in [6.07, 6.45) is 0.167. The van der Waals surface area contributed by atoms with Crippen molar-refractivity contribution in [1.29, 1.82) is 0 Å². The topological polar surface area (TPSA) is 88.8 Å². The monoisotopic (exact) mass is 389 g/mol. The lowest BCUT2D eigenvalue weighted by Crippen LogP contribution is -2.42. The fourth-order valence-corrected chi connectivity index (χ4v) is 3.29. The van der Waals surface area contributed by atoms with Crippen LogP contribution < -0.4 is 10.1 Å². The molecule has 0 saturated heterocycles. The normalized spacial score (nSPS) is 12.0. The lowest BCUT2D eigenvalue weighted by Gasteiger charge is -2.14. The number of benzene rings is 3. The summed E-state index contributed by atoms with van der Waals surface area (Å²) in [6.45, 7) is 0. The van der Waals surface area contributed by atoms with Crippen LogP contribution in [0.3, 0.4) is 0 Å². The molecule has 1 aromatic heterocycles. The summed E-state index contributed by atoms with van der Waals surface area (Å²) in [5, 5.41) is 14.9. The third kappa shape index (κ3) is 3.91. The quantitative estimate of drug-likeness (QED) is 0.520. The molecule has 29 heavy (non-hydrogen) atoms. The molecule has 0 aliphatic rings. The Morgan fingerprint density at radius 2 is 1.79 bits per heavy atom. The Bertz CT molecular complexity index is 1210. The van der Waals surface area contributed by atoms with Crippen LogP contribution in [0, 0.1) is 0 Å². The number of rotatable bonds is 6. The van der Waals surface area contributed by atoms with Crippen LogP contribution in [-0.4, -0.2) is 30.1 Å². The van der Waals surface area contributed by atoms with E-state index in [1.54, 1.807) is 31.4 Å². The van der Waals surface area contributed by atoms with Gasteiger partial charge in [-0.2, -0.15) is 0 Å². The predicted molar refractivity (Wildman–Crippen MR) is 109 cm³/mol. The summed E-state index contributed by atoms with van der Waals surface area (Å²) in [4.78, 5) is 24.3. The molecule has 6 nitrogen and oxygen atoms in total. The van der Waals surface area contributed by atoms with Crippen molar-refractivity contribution in [1.82, 2.24) is 5.32 Å². The Morgan fingerprint density at radius 1 is 1.00 bits per heavy atom. The number of carboxylic acids is 1. The number of nitrogens with one attached hydrogen (secondary N) is 1. The predicted octanol–water partition coefficient (Wildman–Crippen LogP) is 4.02. The van der Waals surface area contributed by atoms with Crippen LogP contribution in [0.5, 0.6) is 5.75 Å². The van der Waals surface area contributed by atoms with Gasteiger partial charge in [-0.3, -0.25) is 4.79 Å². The molecule has 2 N–H and O–H groups in total. The van der Waals surface area contributed by atoms with Crippen LogP contribution in [0.15, 0.2) is 71.1 Å². The fraction of sp³-hybridized carbons (Fsp3) is 0.130. The number of aliphatic carboxylic acids is 1. The zero-order chi connectivity index (χ0) is 20.4. The van der Waals surface area contributed by atoms with E-state index in [4.69, 9.17) is 9.15 Å².